The van der Waals surface area contributed by atoms with Gasteiger partial charge in [0.2, 0.25) is 17.7 Å². The van der Waals surface area contributed by atoms with Crippen LogP contribution in [0.25, 0.3) is 10.9 Å². The molecule has 0 bridgehead atoms. The number of fused-ring (bicyclic) bond motifs is 1. The fourth-order valence-electron chi connectivity index (χ4n) is 5.08. The number of carbonyl (C=O) groups is 4. The zero-order chi connectivity index (χ0) is 33.8. The van der Waals surface area contributed by atoms with Gasteiger partial charge in [0.15, 0.2) is 5.96 Å². The Kier molecular flexibility index (Phi) is 12.0. The van der Waals surface area contributed by atoms with Gasteiger partial charge in [0, 0.05) is 54.8 Å². The molecule has 2 aromatic carbocycles. The number of imidazole rings is 1. The molecular weight excluding hydrogens is 604 g/mol. The van der Waals surface area contributed by atoms with Crippen LogP contribution in [0.1, 0.15) is 29.7 Å². The number of carboxylic acid groups (broad SMARTS) is 1. The van der Waals surface area contributed by atoms with Crippen LogP contribution in [-0.4, -0.2) is 80.4 Å². The van der Waals surface area contributed by atoms with E-state index in [0.29, 0.717) is 12.1 Å². The van der Waals surface area contributed by atoms with E-state index < -0.39 is 47.9 Å². The summed E-state index contributed by atoms with van der Waals surface area (Å²) in [6.07, 6.45) is 5.43. The van der Waals surface area contributed by atoms with Crippen LogP contribution >= 0.6 is 0 Å². The van der Waals surface area contributed by atoms with Gasteiger partial charge in [-0.25, -0.2) is 9.78 Å². The van der Waals surface area contributed by atoms with Crippen molar-refractivity contribution in [2.24, 2.45) is 22.2 Å². The van der Waals surface area contributed by atoms with Gasteiger partial charge in [0.05, 0.1) is 12.4 Å². The molecule has 4 atom stereocenters. The lowest BCUT2D eigenvalue weighted by Gasteiger charge is -2.25. The quantitative estimate of drug-likeness (QED) is 0.0419. The highest BCUT2D eigenvalue weighted by atomic mass is 16.4. The number of hydrogen-bond donors (Lipinski definition) is 9. The Balaban J connectivity index is 1.56. The minimum absolute atomic E-state index is 0.0482. The van der Waals surface area contributed by atoms with Crippen molar-refractivity contribution in [1.29, 1.82) is 0 Å². The number of aromatic amines is 2. The van der Waals surface area contributed by atoms with Crippen molar-refractivity contribution in [2.75, 3.05) is 6.54 Å². The van der Waals surface area contributed by atoms with E-state index in [1.54, 1.807) is 30.5 Å². The van der Waals surface area contributed by atoms with E-state index in [1.165, 1.54) is 12.5 Å². The van der Waals surface area contributed by atoms with Gasteiger partial charge in [0.1, 0.15) is 18.1 Å². The summed E-state index contributed by atoms with van der Waals surface area (Å²) in [5.41, 5.74) is 19.7. The van der Waals surface area contributed by atoms with Gasteiger partial charge < -0.3 is 48.2 Å². The first kappa shape index (κ1) is 34.2. The van der Waals surface area contributed by atoms with E-state index in [1.807, 2.05) is 30.3 Å². The Hall–Kier alpha value is -5.70. The number of H-pyrrole nitrogens is 2. The second kappa shape index (κ2) is 16.6. The molecule has 0 aliphatic carbocycles. The van der Waals surface area contributed by atoms with Crippen LogP contribution in [0.4, 0.5) is 0 Å². The minimum Gasteiger partial charge on any atom is -0.480 e. The molecule has 0 spiro atoms. The van der Waals surface area contributed by atoms with Crippen molar-refractivity contribution >= 4 is 40.6 Å². The van der Waals surface area contributed by atoms with Gasteiger partial charge in [-0.15, -0.1) is 0 Å². The van der Waals surface area contributed by atoms with Crippen LogP contribution in [0.3, 0.4) is 0 Å². The summed E-state index contributed by atoms with van der Waals surface area (Å²) in [4.78, 5) is 66.6. The molecular formula is C32H40N10O5. The summed E-state index contributed by atoms with van der Waals surface area (Å²) in [6.45, 7) is 0.288. The molecule has 12 N–H and O–H groups in total. The molecule has 3 amide bonds. The maximum absolute atomic E-state index is 13.9. The number of nitrogens with one attached hydrogen (secondary N) is 5. The number of aliphatic carboxylic acids is 1. The van der Waals surface area contributed by atoms with Crippen molar-refractivity contribution in [1.82, 2.24) is 30.9 Å². The molecule has 0 radical (unpaired) electrons. The van der Waals surface area contributed by atoms with Crippen molar-refractivity contribution in [3.63, 3.8) is 0 Å². The molecule has 15 nitrogen and oxygen atoms in total. The third kappa shape index (κ3) is 10.2. The first-order valence-electron chi connectivity index (χ1n) is 15.1. The number of carboxylic acids is 1. The maximum atomic E-state index is 13.9. The van der Waals surface area contributed by atoms with E-state index in [-0.39, 0.29) is 38.2 Å². The molecule has 248 valence electrons. The van der Waals surface area contributed by atoms with Crippen LogP contribution in [0.2, 0.25) is 0 Å². The second-order valence-electron chi connectivity index (χ2n) is 11.1. The normalized spacial score (nSPS) is 13.6. The van der Waals surface area contributed by atoms with Crippen LogP contribution in [0, 0.1) is 0 Å². The molecule has 4 aromatic rings. The highest BCUT2D eigenvalue weighted by molar-refractivity contribution is 5.95. The van der Waals surface area contributed by atoms with Gasteiger partial charge >= 0.3 is 5.97 Å². The number of benzene rings is 2. The average Bonchev–Trinajstić information content (AvgIpc) is 3.72. The molecule has 2 heterocycles. The fraction of sp³-hybridized carbons (Fsp3) is 0.312. The van der Waals surface area contributed by atoms with Crippen molar-refractivity contribution in [2.45, 2.75) is 56.3 Å². The van der Waals surface area contributed by atoms with Crippen LogP contribution in [-0.2, 0) is 38.4 Å². The predicted molar refractivity (Wildman–Crippen MR) is 176 cm³/mol. The zero-order valence-corrected chi connectivity index (χ0v) is 25.7. The first-order chi connectivity index (χ1) is 22.6. The van der Waals surface area contributed by atoms with Crippen LogP contribution in [0.15, 0.2) is 78.3 Å². The number of para-hydroxylation sites is 1. The highest BCUT2D eigenvalue weighted by Gasteiger charge is 2.31. The zero-order valence-electron chi connectivity index (χ0n) is 25.7. The average molecular weight is 645 g/mol. The molecule has 47 heavy (non-hydrogen) atoms. The maximum Gasteiger partial charge on any atom is 0.326 e. The number of amides is 3. The van der Waals surface area contributed by atoms with Gasteiger partial charge in [-0.3, -0.25) is 19.4 Å². The van der Waals surface area contributed by atoms with Crippen molar-refractivity contribution in [3.8, 4) is 0 Å². The standard InChI is InChI=1S/C32H40N10O5/c33-23(10-6-12-37-32(34)35)28(43)40-26(14-20-16-38-24-11-5-4-9-22(20)24)30(45)41-25(13-19-7-2-1-3-8-19)29(44)42-27(31(46)47)15-21-17-36-18-39-21/h1-5,7-9,11,16-18,23,25-27,38H,6,10,12-15,33H2,(H,36,39)(H,40,43)(H,41,45)(H,42,44)(H,46,47)(H4,34,35,37). The monoisotopic (exact) mass is 644 g/mol. The number of aliphatic imine (C=N–C) groups is 1. The highest BCUT2D eigenvalue weighted by Crippen LogP contribution is 2.19. The first-order valence-corrected chi connectivity index (χ1v) is 15.1. The van der Waals surface area contributed by atoms with Gasteiger partial charge in [-0.2, -0.15) is 0 Å². The lowest BCUT2D eigenvalue weighted by Crippen LogP contribution is -2.58. The molecule has 4 unspecified atom stereocenters. The number of rotatable bonds is 17. The number of nitrogens with zero attached hydrogens (tertiary/aromatic N) is 2. The Labute approximate surface area is 270 Å². The van der Waals surface area contributed by atoms with E-state index in [0.717, 1.165) is 22.0 Å². The van der Waals surface area contributed by atoms with E-state index in [2.05, 4.69) is 35.9 Å². The Morgan fingerprint density at radius 2 is 1.49 bits per heavy atom. The molecule has 15 heteroatoms. The second-order valence-corrected chi connectivity index (χ2v) is 11.1. The summed E-state index contributed by atoms with van der Waals surface area (Å²) in [5, 5.41) is 18.8. The lowest BCUT2D eigenvalue weighted by atomic mass is 10.0. The fourth-order valence-corrected chi connectivity index (χ4v) is 5.08. The molecule has 4 rings (SSSR count). The third-order valence-electron chi connectivity index (χ3n) is 7.55. The van der Waals surface area contributed by atoms with Crippen molar-refractivity contribution in [3.05, 3.63) is 90.1 Å². The lowest BCUT2D eigenvalue weighted by molar-refractivity contribution is -0.142. The van der Waals surface area contributed by atoms with Gasteiger partial charge in [-0.05, 0) is 30.0 Å². The summed E-state index contributed by atoms with van der Waals surface area (Å²) in [7, 11) is 0. The third-order valence-corrected chi connectivity index (χ3v) is 7.55. The summed E-state index contributed by atoms with van der Waals surface area (Å²) < 4.78 is 0. The molecule has 2 aromatic heterocycles. The Morgan fingerprint density at radius 3 is 2.17 bits per heavy atom. The Bertz CT molecular complexity index is 1670. The van der Waals surface area contributed by atoms with Gasteiger partial charge in [0.25, 0.3) is 0 Å². The van der Waals surface area contributed by atoms with E-state index >= 15 is 0 Å². The summed E-state index contributed by atoms with van der Waals surface area (Å²) in [6, 6.07) is 11.9. The molecule has 0 saturated heterocycles. The van der Waals surface area contributed by atoms with Gasteiger partial charge in [-0.1, -0.05) is 48.5 Å². The van der Waals surface area contributed by atoms with Crippen LogP contribution < -0.4 is 33.2 Å². The Morgan fingerprint density at radius 1 is 0.830 bits per heavy atom. The number of carbonyl (C=O) groups excluding carboxylic acids is 3. The van der Waals surface area contributed by atoms with E-state index in [9.17, 15) is 24.3 Å². The summed E-state index contributed by atoms with van der Waals surface area (Å²) in [5.74, 6) is -3.24. The number of aromatic nitrogens is 3. The van der Waals surface area contributed by atoms with Crippen molar-refractivity contribution < 1.29 is 24.3 Å². The van der Waals surface area contributed by atoms with Crippen LogP contribution in [0.5, 0.6) is 0 Å². The largest absolute Gasteiger partial charge is 0.480 e. The summed E-state index contributed by atoms with van der Waals surface area (Å²) >= 11 is 0. The number of hydrogen-bond acceptors (Lipinski definition) is 7. The number of nitrogens with two attached hydrogens (primary N) is 3. The molecule has 0 aliphatic rings. The topological polar surface area (TPSA) is 259 Å². The predicted octanol–water partition coefficient (Wildman–Crippen LogP) is -0.161. The molecule has 0 saturated carbocycles. The molecule has 0 aliphatic heterocycles. The number of guanidine groups is 1. The van der Waals surface area contributed by atoms with E-state index in [4.69, 9.17) is 17.2 Å². The minimum atomic E-state index is -1.29. The SMILES string of the molecule is NC(N)=NCCCC(N)C(=O)NC(Cc1c[nH]c2ccccc12)C(=O)NC(Cc1ccccc1)C(=O)NC(Cc1cnc[nH]1)C(=O)O. The molecule has 0 fully saturated rings. The smallest absolute Gasteiger partial charge is 0.326 e.